The lowest BCUT2D eigenvalue weighted by molar-refractivity contribution is -0.127. The quantitative estimate of drug-likeness (QED) is 0.617. The molecule has 0 aromatic heterocycles. The Bertz CT molecular complexity index is 629. The van der Waals surface area contributed by atoms with Gasteiger partial charge in [-0.05, 0) is 37.8 Å². The highest BCUT2D eigenvalue weighted by molar-refractivity contribution is 8.03. The summed E-state index contributed by atoms with van der Waals surface area (Å²) in [7, 11) is 0. The molecule has 0 unspecified atom stereocenters. The number of likely N-dealkylation sites (tertiary alicyclic amines) is 1. The molecule has 0 spiro atoms. The van der Waals surface area contributed by atoms with E-state index >= 15 is 0 Å². The number of carbonyl (C=O) groups is 1. The summed E-state index contributed by atoms with van der Waals surface area (Å²) in [5, 5.41) is 10.5. The summed E-state index contributed by atoms with van der Waals surface area (Å²) in [4.78, 5) is 16.8. The maximum Gasteiger partial charge on any atom is 0.267 e. The van der Waals surface area contributed by atoms with Crippen molar-refractivity contribution in [1.29, 1.82) is 5.26 Å². The number of thioether (sulfide) groups is 1. The van der Waals surface area contributed by atoms with E-state index in [0.717, 1.165) is 55.4 Å². The standard InChI is InChI=1S/C18H21N3OS/c19-14-16(17(22)20-10-5-2-6-11-20)18-21(12-7-13-23-18)15-8-3-1-4-9-15/h1,3-4,8-9H,2,5-7,10-13H2/b18-16-. The Morgan fingerprint density at radius 1 is 1.04 bits per heavy atom. The van der Waals surface area contributed by atoms with Crippen molar-refractivity contribution < 1.29 is 4.79 Å². The Hall–Kier alpha value is -1.93. The molecule has 2 aliphatic heterocycles. The Morgan fingerprint density at radius 3 is 2.48 bits per heavy atom. The topological polar surface area (TPSA) is 47.3 Å². The summed E-state index contributed by atoms with van der Waals surface area (Å²) in [5.74, 6) is 0.856. The third-order valence-corrected chi connectivity index (χ3v) is 5.45. The zero-order valence-corrected chi connectivity index (χ0v) is 14.0. The molecule has 1 aromatic carbocycles. The lowest BCUT2D eigenvalue weighted by Gasteiger charge is -2.33. The fraction of sp³-hybridized carbons (Fsp3) is 0.444. The van der Waals surface area contributed by atoms with Crippen LogP contribution in [0.25, 0.3) is 0 Å². The lowest BCUT2D eigenvalue weighted by Crippen LogP contribution is -2.38. The third-order valence-electron chi connectivity index (χ3n) is 4.26. The van der Waals surface area contributed by atoms with Crippen LogP contribution >= 0.6 is 11.8 Å². The number of rotatable bonds is 2. The van der Waals surface area contributed by atoms with Gasteiger partial charge in [0.05, 0.1) is 5.03 Å². The van der Waals surface area contributed by atoms with Gasteiger partial charge in [-0.25, -0.2) is 0 Å². The van der Waals surface area contributed by atoms with Crippen LogP contribution in [0.15, 0.2) is 40.9 Å². The Kier molecular flexibility index (Phi) is 5.24. The first-order valence-electron chi connectivity index (χ1n) is 8.20. The molecular formula is C18H21N3OS. The van der Waals surface area contributed by atoms with E-state index in [2.05, 4.69) is 11.0 Å². The van der Waals surface area contributed by atoms with E-state index in [1.54, 1.807) is 11.8 Å². The monoisotopic (exact) mass is 327 g/mol. The lowest BCUT2D eigenvalue weighted by atomic mass is 10.1. The molecular weight excluding hydrogens is 306 g/mol. The van der Waals surface area contributed by atoms with Gasteiger partial charge < -0.3 is 9.80 Å². The van der Waals surface area contributed by atoms with Crippen molar-refractivity contribution in [3.63, 3.8) is 0 Å². The van der Waals surface area contributed by atoms with Crippen LogP contribution in [0.4, 0.5) is 5.69 Å². The van der Waals surface area contributed by atoms with Gasteiger partial charge in [0.25, 0.3) is 5.91 Å². The first kappa shape index (κ1) is 15.9. The van der Waals surface area contributed by atoms with E-state index in [1.807, 2.05) is 35.2 Å². The second kappa shape index (κ2) is 7.56. The zero-order valence-electron chi connectivity index (χ0n) is 13.2. The highest BCUT2D eigenvalue weighted by Crippen LogP contribution is 2.34. The van der Waals surface area contributed by atoms with Crippen molar-refractivity contribution in [3.05, 3.63) is 40.9 Å². The fourth-order valence-corrected chi connectivity index (χ4v) is 4.17. The first-order valence-corrected chi connectivity index (χ1v) is 9.19. The van der Waals surface area contributed by atoms with E-state index in [4.69, 9.17) is 0 Å². The van der Waals surface area contributed by atoms with Crippen molar-refractivity contribution in [2.75, 3.05) is 30.3 Å². The van der Waals surface area contributed by atoms with Crippen LogP contribution in [0.5, 0.6) is 0 Å². The molecule has 1 aromatic rings. The van der Waals surface area contributed by atoms with Crippen LogP contribution in [0.2, 0.25) is 0 Å². The summed E-state index contributed by atoms with van der Waals surface area (Å²) in [6.45, 7) is 2.39. The summed E-state index contributed by atoms with van der Waals surface area (Å²) >= 11 is 1.63. The van der Waals surface area contributed by atoms with Gasteiger partial charge in [0.2, 0.25) is 0 Å². The summed E-state index contributed by atoms with van der Waals surface area (Å²) in [5.41, 5.74) is 1.36. The number of benzene rings is 1. The van der Waals surface area contributed by atoms with E-state index in [9.17, 15) is 10.1 Å². The fourth-order valence-electron chi connectivity index (χ4n) is 3.07. The van der Waals surface area contributed by atoms with Crippen LogP contribution in [-0.4, -0.2) is 36.2 Å². The predicted molar refractivity (Wildman–Crippen MR) is 93.9 cm³/mol. The van der Waals surface area contributed by atoms with Gasteiger partial charge in [-0.15, -0.1) is 11.8 Å². The van der Waals surface area contributed by atoms with E-state index in [-0.39, 0.29) is 5.91 Å². The number of piperidine rings is 1. The number of carbonyl (C=O) groups excluding carboxylic acids is 1. The number of para-hydroxylation sites is 1. The van der Waals surface area contributed by atoms with Gasteiger partial charge in [-0.1, -0.05) is 18.2 Å². The van der Waals surface area contributed by atoms with Crippen molar-refractivity contribution in [2.24, 2.45) is 0 Å². The normalized spacial score (nSPS) is 20.8. The smallest absolute Gasteiger partial charge is 0.267 e. The summed E-state index contributed by atoms with van der Waals surface area (Å²) < 4.78 is 0. The van der Waals surface area contributed by atoms with Gasteiger partial charge in [0, 0.05) is 31.1 Å². The maximum atomic E-state index is 12.8. The van der Waals surface area contributed by atoms with Crippen LogP contribution in [-0.2, 0) is 4.79 Å². The van der Waals surface area contributed by atoms with Crippen molar-refractivity contribution >= 4 is 23.4 Å². The molecule has 0 saturated carbocycles. The van der Waals surface area contributed by atoms with Crippen LogP contribution in [0, 0.1) is 11.3 Å². The Labute approximate surface area is 141 Å². The maximum absolute atomic E-state index is 12.8. The molecule has 5 heteroatoms. The second-order valence-electron chi connectivity index (χ2n) is 5.83. The average Bonchev–Trinajstić information content (AvgIpc) is 2.64. The number of hydrogen-bond donors (Lipinski definition) is 0. The number of amides is 1. The molecule has 23 heavy (non-hydrogen) atoms. The third kappa shape index (κ3) is 3.53. The minimum atomic E-state index is -0.0995. The van der Waals surface area contributed by atoms with Crippen LogP contribution < -0.4 is 4.90 Å². The van der Waals surface area contributed by atoms with Gasteiger partial charge in [-0.2, -0.15) is 5.26 Å². The molecule has 0 bridgehead atoms. The molecule has 2 fully saturated rings. The number of hydrogen-bond acceptors (Lipinski definition) is 4. The van der Waals surface area contributed by atoms with Crippen molar-refractivity contribution in [3.8, 4) is 6.07 Å². The molecule has 120 valence electrons. The molecule has 2 aliphatic rings. The van der Waals surface area contributed by atoms with Crippen LogP contribution in [0.1, 0.15) is 25.7 Å². The largest absolute Gasteiger partial charge is 0.338 e. The second-order valence-corrected chi connectivity index (χ2v) is 6.92. The first-order chi connectivity index (χ1) is 11.3. The minimum absolute atomic E-state index is 0.0995. The molecule has 2 saturated heterocycles. The van der Waals surface area contributed by atoms with Gasteiger partial charge in [0.15, 0.2) is 0 Å². The molecule has 0 aliphatic carbocycles. The molecule has 0 N–H and O–H groups in total. The highest BCUT2D eigenvalue weighted by Gasteiger charge is 2.28. The van der Waals surface area contributed by atoms with Gasteiger partial charge >= 0.3 is 0 Å². The predicted octanol–water partition coefficient (Wildman–Crippen LogP) is 3.38. The van der Waals surface area contributed by atoms with E-state index in [0.29, 0.717) is 5.57 Å². The van der Waals surface area contributed by atoms with Crippen LogP contribution in [0.3, 0.4) is 0 Å². The zero-order chi connectivity index (χ0) is 16.1. The van der Waals surface area contributed by atoms with Gasteiger partial charge in [0.1, 0.15) is 11.6 Å². The highest BCUT2D eigenvalue weighted by atomic mass is 32.2. The molecule has 0 atom stereocenters. The Morgan fingerprint density at radius 2 is 1.78 bits per heavy atom. The molecule has 0 radical (unpaired) electrons. The van der Waals surface area contributed by atoms with E-state index in [1.165, 1.54) is 6.42 Å². The number of nitrogens with zero attached hydrogens (tertiary/aromatic N) is 3. The van der Waals surface area contributed by atoms with Gasteiger partial charge in [-0.3, -0.25) is 4.79 Å². The van der Waals surface area contributed by atoms with Crippen molar-refractivity contribution in [2.45, 2.75) is 25.7 Å². The molecule has 4 nitrogen and oxygen atoms in total. The molecule has 1 amide bonds. The number of anilines is 1. The van der Waals surface area contributed by atoms with Crippen molar-refractivity contribution in [1.82, 2.24) is 4.90 Å². The summed E-state index contributed by atoms with van der Waals surface area (Å²) in [6, 6.07) is 12.2. The molecule has 2 heterocycles. The minimum Gasteiger partial charge on any atom is -0.338 e. The Balaban J connectivity index is 1.93. The SMILES string of the molecule is N#C/C(C(=O)N1CCCCC1)=C1/SCCCN1c1ccccc1. The molecule has 3 rings (SSSR count). The summed E-state index contributed by atoms with van der Waals surface area (Å²) in [6.07, 6.45) is 4.30. The average molecular weight is 327 g/mol. The number of nitriles is 1. The van der Waals surface area contributed by atoms with E-state index < -0.39 is 0 Å².